The summed E-state index contributed by atoms with van der Waals surface area (Å²) in [6.07, 6.45) is 0. The maximum absolute atomic E-state index is 13.3. The van der Waals surface area contributed by atoms with Crippen molar-refractivity contribution in [3.63, 3.8) is 0 Å². The number of fused-ring (bicyclic) bond motifs is 2. The first-order chi connectivity index (χ1) is 13.0. The molecule has 5 heteroatoms. The van der Waals surface area contributed by atoms with Crippen molar-refractivity contribution < 1.29 is 9.21 Å². The second-order valence-electron chi connectivity index (χ2n) is 7.29. The molecule has 0 aliphatic carbocycles. The predicted molar refractivity (Wildman–Crippen MR) is 105 cm³/mol. The zero-order chi connectivity index (χ0) is 19.1. The first-order valence-electron chi connectivity index (χ1n) is 9.05. The number of nitrogens with zero attached hydrogens (tertiary/aromatic N) is 2. The number of amides is 1. The fraction of sp³-hybridized carbons (Fsp3) is 0.273. The van der Waals surface area contributed by atoms with Gasteiger partial charge in [0.1, 0.15) is 5.58 Å². The van der Waals surface area contributed by atoms with Gasteiger partial charge in [-0.1, -0.05) is 42.0 Å². The summed E-state index contributed by atoms with van der Waals surface area (Å²) in [4.78, 5) is 30.2. The van der Waals surface area contributed by atoms with Gasteiger partial charge < -0.3 is 14.2 Å². The highest BCUT2D eigenvalue weighted by Crippen LogP contribution is 2.37. The number of carbonyl (C=O) groups excluding carboxylic acids is 1. The predicted octanol–water partition coefficient (Wildman–Crippen LogP) is 3.21. The van der Waals surface area contributed by atoms with Crippen LogP contribution in [0, 0.1) is 6.92 Å². The molecule has 0 unspecified atom stereocenters. The van der Waals surface area contributed by atoms with Gasteiger partial charge >= 0.3 is 0 Å². The molecule has 0 saturated heterocycles. The molecule has 0 bridgehead atoms. The standard InChI is InChI=1S/C22H22N2O3/c1-14-8-10-15(11-9-14)19-18-20(25)16-6-4-5-7-17(16)27-21(18)22(26)24(19)13-12-23(2)3/h4-11,19H,12-13H2,1-3H3/t19-/m0/s1. The summed E-state index contributed by atoms with van der Waals surface area (Å²) in [5.41, 5.74) is 2.83. The van der Waals surface area contributed by atoms with E-state index in [1.165, 1.54) is 0 Å². The fourth-order valence-electron chi connectivity index (χ4n) is 3.60. The third kappa shape index (κ3) is 2.94. The summed E-state index contributed by atoms with van der Waals surface area (Å²) in [6, 6.07) is 14.7. The van der Waals surface area contributed by atoms with E-state index >= 15 is 0 Å². The first kappa shape index (κ1) is 17.5. The van der Waals surface area contributed by atoms with Crippen LogP contribution in [-0.4, -0.2) is 42.9 Å². The molecular formula is C22H22N2O3. The van der Waals surface area contributed by atoms with Crippen molar-refractivity contribution in [3.8, 4) is 0 Å². The monoisotopic (exact) mass is 362 g/mol. The summed E-state index contributed by atoms with van der Waals surface area (Å²) in [5.74, 6) is -0.0525. The highest BCUT2D eigenvalue weighted by Gasteiger charge is 2.42. The van der Waals surface area contributed by atoms with E-state index in [4.69, 9.17) is 4.42 Å². The Bertz CT molecular complexity index is 1070. The molecular weight excluding hydrogens is 340 g/mol. The van der Waals surface area contributed by atoms with E-state index < -0.39 is 6.04 Å². The maximum Gasteiger partial charge on any atom is 0.290 e. The molecule has 5 nitrogen and oxygen atoms in total. The number of likely N-dealkylation sites (N-methyl/N-ethyl adjacent to an activating group) is 1. The summed E-state index contributed by atoms with van der Waals surface area (Å²) in [6.45, 7) is 3.24. The van der Waals surface area contributed by atoms with Gasteiger partial charge in [0.05, 0.1) is 17.0 Å². The highest BCUT2D eigenvalue weighted by molar-refractivity contribution is 5.99. The summed E-state index contributed by atoms with van der Waals surface area (Å²) in [7, 11) is 3.93. The van der Waals surface area contributed by atoms with Crippen molar-refractivity contribution in [2.45, 2.75) is 13.0 Å². The normalized spacial score (nSPS) is 16.4. The number of para-hydroxylation sites is 1. The molecule has 0 N–H and O–H groups in total. The first-order valence-corrected chi connectivity index (χ1v) is 9.05. The second kappa shape index (κ2) is 6.67. The average Bonchev–Trinajstić information content (AvgIpc) is 2.93. The Labute approximate surface area is 157 Å². The SMILES string of the molecule is Cc1ccc([C@H]2c3c(oc4ccccc4c3=O)C(=O)N2CCN(C)C)cc1. The van der Waals surface area contributed by atoms with Gasteiger partial charge in [-0.2, -0.15) is 0 Å². The molecule has 3 aromatic rings. The Morgan fingerprint density at radius 2 is 1.74 bits per heavy atom. The summed E-state index contributed by atoms with van der Waals surface area (Å²) < 4.78 is 5.91. The lowest BCUT2D eigenvalue weighted by molar-refractivity contribution is 0.0716. The van der Waals surface area contributed by atoms with Crippen LogP contribution in [0.15, 0.2) is 57.7 Å². The second-order valence-corrected chi connectivity index (χ2v) is 7.29. The Balaban J connectivity index is 1.93. The van der Waals surface area contributed by atoms with Crippen LogP contribution in [-0.2, 0) is 0 Å². The number of carbonyl (C=O) groups is 1. The van der Waals surface area contributed by atoms with E-state index in [-0.39, 0.29) is 17.1 Å². The van der Waals surface area contributed by atoms with Crippen molar-refractivity contribution in [1.82, 2.24) is 9.80 Å². The largest absolute Gasteiger partial charge is 0.450 e. The molecule has 1 amide bonds. The van der Waals surface area contributed by atoms with Crippen molar-refractivity contribution in [2.75, 3.05) is 27.2 Å². The number of rotatable bonds is 4. The van der Waals surface area contributed by atoms with Crippen LogP contribution in [0.2, 0.25) is 0 Å². The third-order valence-corrected chi connectivity index (χ3v) is 5.05. The molecule has 2 aromatic carbocycles. The quantitative estimate of drug-likeness (QED) is 0.715. The van der Waals surface area contributed by atoms with Gasteiger partial charge in [0.2, 0.25) is 5.76 Å². The number of aryl methyl sites for hydroxylation is 1. The Morgan fingerprint density at radius 3 is 2.44 bits per heavy atom. The van der Waals surface area contributed by atoms with E-state index in [2.05, 4.69) is 0 Å². The van der Waals surface area contributed by atoms with Gasteiger partial charge in [0, 0.05) is 13.1 Å². The number of hydrogen-bond donors (Lipinski definition) is 0. The van der Waals surface area contributed by atoms with Crippen LogP contribution in [0.5, 0.6) is 0 Å². The van der Waals surface area contributed by atoms with Crippen molar-refractivity contribution in [3.05, 3.63) is 81.2 Å². The van der Waals surface area contributed by atoms with E-state index in [9.17, 15) is 9.59 Å². The van der Waals surface area contributed by atoms with Crippen LogP contribution in [0.25, 0.3) is 11.0 Å². The minimum atomic E-state index is -0.422. The van der Waals surface area contributed by atoms with E-state index in [0.717, 1.165) is 11.1 Å². The van der Waals surface area contributed by atoms with Crippen molar-refractivity contribution in [2.24, 2.45) is 0 Å². The Kier molecular flexibility index (Phi) is 4.32. The van der Waals surface area contributed by atoms with E-state index in [1.54, 1.807) is 23.1 Å². The summed E-state index contributed by atoms with van der Waals surface area (Å²) in [5, 5.41) is 0.510. The molecule has 1 aliphatic rings. The molecule has 4 rings (SSSR count). The molecule has 1 aromatic heterocycles. The van der Waals surface area contributed by atoms with Gasteiger partial charge in [-0.15, -0.1) is 0 Å². The minimum Gasteiger partial charge on any atom is -0.450 e. The average molecular weight is 362 g/mol. The van der Waals surface area contributed by atoms with E-state index in [1.807, 2.05) is 56.3 Å². The smallest absolute Gasteiger partial charge is 0.290 e. The van der Waals surface area contributed by atoms with E-state index in [0.29, 0.717) is 29.6 Å². The summed E-state index contributed by atoms with van der Waals surface area (Å²) >= 11 is 0. The molecule has 2 heterocycles. The molecule has 27 heavy (non-hydrogen) atoms. The number of hydrogen-bond acceptors (Lipinski definition) is 4. The van der Waals surface area contributed by atoms with Crippen LogP contribution >= 0.6 is 0 Å². The van der Waals surface area contributed by atoms with Crippen LogP contribution in [0.4, 0.5) is 0 Å². The molecule has 0 radical (unpaired) electrons. The van der Waals surface area contributed by atoms with Gasteiger partial charge in [0.15, 0.2) is 5.43 Å². The lowest BCUT2D eigenvalue weighted by atomic mass is 9.98. The topological polar surface area (TPSA) is 53.8 Å². The minimum absolute atomic E-state index is 0.127. The highest BCUT2D eigenvalue weighted by atomic mass is 16.3. The Hall–Kier alpha value is -2.92. The van der Waals surface area contributed by atoms with Crippen LogP contribution < -0.4 is 5.43 Å². The Morgan fingerprint density at radius 1 is 1.04 bits per heavy atom. The van der Waals surface area contributed by atoms with Gasteiger partial charge in [-0.25, -0.2) is 0 Å². The van der Waals surface area contributed by atoms with Crippen molar-refractivity contribution >= 4 is 16.9 Å². The van der Waals surface area contributed by atoms with Crippen molar-refractivity contribution in [1.29, 1.82) is 0 Å². The lowest BCUT2D eigenvalue weighted by Gasteiger charge is -2.26. The van der Waals surface area contributed by atoms with Gasteiger partial charge in [0.25, 0.3) is 5.91 Å². The third-order valence-electron chi connectivity index (χ3n) is 5.05. The fourth-order valence-corrected chi connectivity index (χ4v) is 3.60. The number of benzene rings is 2. The maximum atomic E-state index is 13.3. The van der Waals surface area contributed by atoms with Gasteiger partial charge in [-0.05, 0) is 38.7 Å². The van der Waals surface area contributed by atoms with Crippen LogP contribution in [0.1, 0.15) is 33.3 Å². The molecule has 1 aliphatic heterocycles. The zero-order valence-electron chi connectivity index (χ0n) is 15.7. The zero-order valence-corrected chi connectivity index (χ0v) is 15.7. The molecule has 0 fully saturated rings. The molecule has 138 valence electrons. The lowest BCUT2D eigenvalue weighted by Crippen LogP contribution is -2.35. The molecule has 0 spiro atoms. The van der Waals surface area contributed by atoms with Crippen LogP contribution in [0.3, 0.4) is 0 Å². The molecule has 1 atom stereocenters. The van der Waals surface area contributed by atoms with Gasteiger partial charge in [-0.3, -0.25) is 9.59 Å². The molecule has 0 saturated carbocycles.